The average Bonchev–Trinajstić information content (AvgIpc) is 3.22. The minimum atomic E-state index is 0. The predicted molar refractivity (Wildman–Crippen MR) is 142 cm³/mol. The number of methoxy groups -OCH3 is 1. The van der Waals surface area contributed by atoms with Crippen molar-refractivity contribution in [2.45, 2.75) is 25.3 Å². The van der Waals surface area contributed by atoms with Crippen molar-refractivity contribution in [2.24, 2.45) is 4.99 Å². The zero-order chi connectivity index (χ0) is 21.3. The molecule has 31 heavy (non-hydrogen) atoms. The van der Waals surface area contributed by atoms with Gasteiger partial charge in [0.05, 0.1) is 12.8 Å². The minimum absolute atomic E-state index is 0. The Labute approximate surface area is 209 Å². The second-order valence-corrected chi connectivity index (χ2v) is 8.68. The lowest BCUT2D eigenvalue weighted by Crippen LogP contribution is -2.45. The van der Waals surface area contributed by atoms with Gasteiger partial charge in [0.25, 0.3) is 0 Å². The van der Waals surface area contributed by atoms with Crippen molar-refractivity contribution in [1.82, 2.24) is 20.4 Å². The number of anilines is 1. The molecule has 0 aliphatic carbocycles. The SMILES string of the molecule is CN=C(NCCCCN1CCN(C)CC1)NC1CCN(c2cc(Cl)ccc2OC)C1.I. The molecule has 2 fully saturated rings. The van der Waals surface area contributed by atoms with Crippen LogP contribution >= 0.6 is 35.6 Å². The number of ether oxygens (including phenoxy) is 1. The molecule has 0 aromatic heterocycles. The fourth-order valence-corrected chi connectivity index (χ4v) is 4.30. The van der Waals surface area contributed by atoms with Crippen LogP contribution < -0.4 is 20.3 Å². The molecule has 0 saturated carbocycles. The van der Waals surface area contributed by atoms with Crippen LogP contribution in [-0.4, -0.2) is 95.4 Å². The smallest absolute Gasteiger partial charge is 0.191 e. The summed E-state index contributed by atoms with van der Waals surface area (Å²) in [6.07, 6.45) is 3.43. The van der Waals surface area contributed by atoms with Gasteiger partial charge in [-0.05, 0) is 51.1 Å². The zero-order valence-corrected chi connectivity index (χ0v) is 22.2. The van der Waals surface area contributed by atoms with Crippen LogP contribution in [0.4, 0.5) is 5.69 Å². The Morgan fingerprint density at radius 2 is 1.97 bits per heavy atom. The van der Waals surface area contributed by atoms with Gasteiger partial charge in [-0.25, -0.2) is 0 Å². The Morgan fingerprint density at radius 3 is 2.68 bits per heavy atom. The first-order valence-electron chi connectivity index (χ1n) is 11.1. The van der Waals surface area contributed by atoms with Gasteiger partial charge in [-0.3, -0.25) is 4.99 Å². The van der Waals surface area contributed by atoms with Gasteiger partial charge in [-0.2, -0.15) is 0 Å². The van der Waals surface area contributed by atoms with Crippen LogP contribution in [0, 0.1) is 0 Å². The molecular weight excluding hydrogens is 527 g/mol. The van der Waals surface area contributed by atoms with Gasteiger partial charge in [0.2, 0.25) is 0 Å². The molecule has 0 bridgehead atoms. The summed E-state index contributed by atoms with van der Waals surface area (Å²) >= 11 is 6.20. The first-order valence-corrected chi connectivity index (χ1v) is 11.4. The molecule has 2 aliphatic heterocycles. The summed E-state index contributed by atoms with van der Waals surface area (Å²) in [5.41, 5.74) is 1.06. The predicted octanol–water partition coefficient (Wildman–Crippen LogP) is 2.74. The Hall–Kier alpha value is -0.970. The molecule has 2 aliphatic rings. The number of nitrogens with one attached hydrogen (secondary N) is 2. The van der Waals surface area contributed by atoms with E-state index in [9.17, 15) is 0 Å². The Kier molecular flexibility index (Phi) is 11.5. The number of benzene rings is 1. The van der Waals surface area contributed by atoms with Crippen LogP contribution in [0.1, 0.15) is 19.3 Å². The first kappa shape index (κ1) is 26.3. The molecule has 1 aromatic carbocycles. The summed E-state index contributed by atoms with van der Waals surface area (Å²) in [7, 11) is 5.75. The zero-order valence-electron chi connectivity index (χ0n) is 19.1. The van der Waals surface area contributed by atoms with Crippen molar-refractivity contribution < 1.29 is 4.74 Å². The van der Waals surface area contributed by atoms with E-state index >= 15 is 0 Å². The summed E-state index contributed by atoms with van der Waals surface area (Å²) < 4.78 is 5.51. The highest BCUT2D eigenvalue weighted by molar-refractivity contribution is 14.0. The number of hydrogen-bond donors (Lipinski definition) is 2. The van der Waals surface area contributed by atoms with Crippen LogP contribution in [0.5, 0.6) is 5.75 Å². The number of likely N-dealkylation sites (N-methyl/N-ethyl adjacent to an activating group) is 1. The van der Waals surface area contributed by atoms with Gasteiger partial charge >= 0.3 is 0 Å². The van der Waals surface area contributed by atoms with E-state index < -0.39 is 0 Å². The summed E-state index contributed by atoms with van der Waals surface area (Å²) in [5, 5.41) is 7.78. The topological polar surface area (TPSA) is 55.4 Å². The van der Waals surface area contributed by atoms with Crippen molar-refractivity contribution in [3.8, 4) is 5.75 Å². The van der Waals surface area contributed by atoms with Gasteiger partial charge in [-0.15, -0.1) is 24.0 Å². The lowest BCUT2D eigenvalue weighted by atomic mass is 10.2. The normalized spacial score (nSPS) is 20.5. The third-order valence-corrected chi connectivity index (χ3v) is 6.26. The monoisotopic (exact) mass is 564 g/mol. The van der Waals surface area contributed by atoms with Gasteiger partial charge in [0.15, 0.2) is 5.96 Å². The Balaban J connectivity index is 0.00000341. The number of piperazine rings is 1. The number of rotatable bonds is 8. The van der Waals surface area contributed by atoms with Gasteiger partial charge < -0.3 is 30.1 Å². The molecule has 0 spiro atoms. The van der Waals surface area contributed by atoms with Crippen molar-refractivity contribution >= 4 is 47.2 Å². The third-order valence-electron chi connectivity index (χ3n) is 6.02. The molecule has 176 valence electrons. The van der Waals surface area contributed by atoms with Crippen molar-refractivity contribution in [1.29, 1.82) is 0 Å². The molecule has 3 rings (SSSR count). The molecular formula is C22H38ClIN6O. The van der Waals surface area contributed by atoms with Gasteiger partial charge in [0, 0.05) is 63.9 Å². The van der Waals surface area contributed by atoms with Crippen molar-refractivity contribution in [3.63, 3.8) is 0 Å². The molecule has 7 nitrogen and oxygen atoms in total. The Morgan fingerprint density at radius 1 is 1.19 bits per heavy atom. The van der Waals surface area contributed by atoms with Crippen LogP contribution in [0.3, 0.4) is 0 Å². The fraction of sp³-hybridized carbons (Fsp3) is 0.682. The number of halogens is 2. The van der Waals surface area contributed by atoms with Crippen LogP contribution in [-0.2, 0) is 0 Å². The van der Waals surface area contributed by atoms with E-state index in [1.165, 1.54) is 39.1 Å². The maximum atomic E-state index is 6.20. The van der Waals surface area contributed by atoms with E-state index in [4.69, 9.17) is 16.3 Å². The maximum Gasteiger partial charge on any atom is 0.191 e. The largest absolute Gasteiger partial charge is 0.495 e. The summed E-state index contributed by atoms with van der Waals surface area (Å²) in [4.78, 5) is 11.7. The standard InChI is InChI=1S/C22H37ClN6O.HI/c1-24-22(25-9-4-5-10-28-14-12-27(2)13-15-28)26-19-8-11-29(17-19)20-16-18(23)6-7-21(20)30-3;/h6-7,16,19H,4-5,8-15,17H2,1-3H3,(H2,24,25,26);1H. The first-order chi connectivity index (χ1) is 14.6. The van der Waals surface area contributed by atoms with Crippen LogP contribution in [0.2, 0.25) is 5.02 Å². The van der Waals surface area contributed by atoms with E-state index in [0.29, 0.717) is 6.04 Å². The molecule has 1 atom stereocenters. The molecule has 0 radical (unpaired) electrons. The highest BCUT2D eigenvalue weighted by Gasteiger charge is 2.25. The van der Waals surface area contributed by atoms with Gasteiger partial charge in [-0.1, -0.05) is 11.6 Å². The molecule has 1 unspecified atom stereocenters. The fourth-order valence-electron chi connectivity index (χ4n) is 4.13. The number of hydrogen-bond acceptors (Lipinski definition) is 5. The second kappa shape index (κ2) is 13.5. The van der Waals surface area contributed by atoms with Gasteiger partial charge in [0.1, 0.15) is 5.75 Å². The van der Waals surface area contributed by atoms with Crippen LogP contribution in [0.25, 0.3) is 0 Å². The Bertz CT molecular complexity index is 699. The lowest BCUT2D eigenvalue weighted by Gasteiger charge is -2.32. The molecule has 0 amide bonds. The maximum absolute atomic E-state index is 6.20. The molecule has 2 saturated heterocycles. The third kappa shape index (κ3) is 8.14. The van der Waals surface area contributed by atoms with Crippen molar-refractivity contribution in [3.05, 3.63) is 23.2 Å². The summed E-state index contributed by atoms with van der Waals surface area (Å²) in [5.74, 6) is 1.75. The quantitative estimate of drug-likeness (QED) is 0.219. The minimum Gasteiger partial charge on any atom is -0.495 e. The highest BCUT2D eigenvalue weighted by atomic mass is 127. The number of aliphatic imine (C=N–C) groups is 1. The lowest BCUT2D eigenvalue weighted by molar-refractivity contribution is 0.152. The highest BCUT2D eigenvalue weighted by Crippen LogP contribution is 2.33. The van der Waals surface area contributed by atoms with E-state index in [1.807, 2.05) is 25.2 Å². The van der Waals surface area contributed by atoms with Crippen LogP contribution in [0.15, 0.2) is 23.2 Å². The van der Waals surface area contributed by atoms with E-state index in [2.05, 4.69) is 37.4 Å². The number of unbranched alkanes of at least 4 members (excludes halogenated alkanes) is 1. The number of guanidine groups is 1. The molecule has 2 heterocycles. The average molecular weight is 565 g/mol. The molecule has 2 N–H and O–H groups in total. The van der Waals surface area contributed by atoms with E-state index in [1.54, 1.807) is 7.11 Å². The molecule has 9 heteroatoms. The second-order valence-electron chi connectivity index (χ2n) is 8.24. The number of nitrogens with zero attached hydrogens (tertiary/aromatic N) is 4. The summed E-state index contributed by atoms with van der Waals surface area (Å²) in [6.45, 7) is 8.79. The van der Waals surface area contributed by atoms with Crippen molar-refractivity contribution in [2.75, 3.05) is 78.5 Å². The molecule has 1 aromatic rings. The summed E-state index contributed by atoms with van der Waals surface area (Å²) in [6, 6.07) is 6.13. The van der Waals surface area contributed by atoms with E-state index in [0.717, 1.165) is 54.9 Å². The van der Waals surface area contributed by atoms with E-state index in [-0.39, 0.29) is 24.0 Å².